The number of benzene rings is 3. The highest BCUT2D eigenvalue weighted by Gasteiger charge is 2.59. The summed E-state index contributed by atoms with van der Waals surface area (Å²) in [6, 6.07) is 17.9. The van der Waals surface area contributed by atoms with Gasteiger partial charge in [-0.15, -0.1) is 0 Å². The number of carboxylic acid groups (broad SMARTS) is 1. The Morgan fingerprint density at radius 1 is 0.833 bits per heavy atom. The number of hydrogen-bond donors (Lipinski definition) is 8. The molecule has 1 saturated heterocycles. The van der Waals surface area contributed by atoms with Crippen LogP contribution in [0.5, 0.6) is 11.5 Å². The van der Waals surface area contributed by atoms with Gasteiger partial charge in [0.05, 0.1) is 52.0 Å². The Hall–Kier alpha value is -5.75. The molecule has 5 rings (SSSR count). The number of aliphatic hydroxyl groups is 3. The number of aliphatic hydroxyl groups excluding tert-OH is 3. The Bertz CT molecular complexity index is 1910. The number of anilines is 2. The van der Waals surface area contributed by atoms with Crippen molar-refractivity contribution in [1.29, 1.82) is 0 Å². The van der Waals surface area contributed by atoms with Gasteiger partial charge in [0.1, 0.15) is 11.6 Å². The molecule has 6 amide bonds. The first-order chi connectivity index (χ1) is 28.6. The number of methoxy groups -OCH3 is 2. The lowest BCUT2D eigenvalue weighted by molar-refractivity contribution is -0.142. The smallest absolute Gasteiger partial charge is 0.328 e. The number of amides is 6. The van der Waals surface area contributed by atoms with Crippen LogP contribution in [0.4, 0.5) is 21.0 Å². The van der Waals surface area contributed by atoms with Crippen LogP contribution in [0, 0.1) is 5.92 Å². The highest BCUT2D eigenvalue weighted by Crippen LogP contribution is 2.43. The lowest BCUT2D eigenvalue weighted by atomic mass is 9.80. The van der Waals surface area contributed by atoms with Crippen molar-refractivity contribution >= 4 is 41.2 Å². The molecule has 326 valence electrons. The molecule has 1 heterocycles. The third-order valence-electron chi connectivity index (χ3n) is 10.6. The summed E-state index contributed by atoms with van der Waals surface area (Å²) in [5.41, 5.74) is 5.25. The van der Waals surface area contributed by atoms with E-state index in [9.17, 15) is 29.1 Å². The second kappa shape index (κ2) is 21.5. The Morgan fingerprint density at radius 2 is 1.42 bits per heavy atom. The minimum atomic E-state index is -1.21. The number of hydrogen-bond acceptors (Lipinski definition) is 11. The predicted molar refractivity (Wildman–Crippen MR) is 223 cm³/mol. The number of nitrogens with two attached hydrogens (primary N) is 1. The number of para-hydroxylation sites is 1. The third-order valence-corrected chi connectivity index (χ3v) is 10.6. The molecule has 0 bridgehead atoms. The fraction of sp³-hybridized carbons (Fsp3) is 0.465. The molecular weight excluding hydrogens is 777 g/mol. The average molecular weight is 835 g/mol. The maximum atomic E-state index is 14.5. The van der Waals surface area contributed by atoms with E-state index >= 15 is 0 Å². The summed E-state index contributed by atoms with van der Waals surface area (Å²) in [4.78, 5) is 70.4. The zero-order chi connectivity index (χ0) is 44.0. The number of nitrogens with one attached hydrogen (secondary N) is 3. The number of nitrogens with zero attached hydrogens (tertiary/aromatic N) is 2. The van der Waals surface area contributed by atoms with E-state index in [2.05, 4.69) is 16.0 Å². The maximum absolute atomic E-state index is 14.5. The van der Waals surface area contributed by atoms with E-state index in [1.807, 2.05) is 32.0 Å². The first-order valence-corrected chi connectivity index (χ1v) is 19.9. The van der Waals surface area contributed by atoms with E-state index < -0.39 is 79.2 Å². The Kier molecular flexibility index (Phi) is 16.8. The highest BCUT2D eigenvalue weighted by atomic mass is 16.5. The van der Waals surface area contributed by atoms with Gasteiger partial charge >= 0.3 is 18.0 Å². The topological polar surface area (TPSA) is 253 Å². The monoisotopic (exact) mass is 834 g/mol. The van der Waals surface area contributed by atoms with E-state index in [0.29, 0.717) is 41.3 Å². The van der Waals surface area contributed by atoms with Crippen LogP contribution < -0.4 is 31.2 Å². The van der Waals surface area contributed by atoms with Gasteiger partial charge in [0.2, 0.25) is 5.91 Å². The molecule has 2 aliphatic rings. The number of carbonyl (C=O) groups is 5. The molecule has 0 unspecified atom stereocenters. The standard InChI is InChI=1S/C39H47N5O8.C4H11NO3/c1-25(2)21-31(35(47)42-30(23-34(45)46)27-15-18-32(51-3)33(22-27)52-4)44-36(48)39(19-9-6-10-20-39)43(38(44)50)24-26-13-16-29(17-14-26)41-37(49)40-28-11-7-5-8-12-28;5-4(1-6,2-7)3-8/h5,7-8,11-18,22,25,30-31H,6,9-10,19-21,23-24H2,1-4H3,(H,42,47)(H,45,46)(H2,40,41,49);6-8H,1-3,5H2/t30-,31-;/m0./s1. The summed E-state index contributed by atoms with van der Waals surface area (Å²) < 4.78 is 10.7. The van der Waals surface area contributed by atoms with Crippen molar-refractivity contribution < 1.29 is 53.9 Å². The molecule has 0 radical (unpaired) electrons. The molecule has 1 saturated carbocycles. The van der Waals surface area contributed by atoms with E-state index in [4.69, 9.17) is 30.5 Å². The summed E-state index contributed by atoms with van der Waals surface area (Å²) >= 11 is 0. The fourth-order valence-corrected chi connectivity index (χ4v) is 7.24. The molecule has 2 atom stereocenters. The van der Waals surface area contributed by atoms with Crippen LogP contribution in [-0.2, 0) is 20.9 Å². The molecule has 17 nitrogen and oxygen atoms in total. The summed E-state index contributed by atoms with van der Waals surface area (Å²) in [5.74, 6) is -1.44. The predicted octanol–water partition coefficient (Wildman–Crippen LogP) is 4.22. The average Bonchev–Trinajstić information content (AvgIpc) is 3.43. The molecule has 0 aromatic heterocycles. The van der Waals surface area contributed by atoms with Crippen LogP contribution in [0.3, 0.4) is 0 Å². The molecule has 17 heteroatoms. The third kappa shape index (κ3) is 11.7. The highest BCUT2D eigenvalue weighted by molar-refractivity contribution is 6.10. The van der Waals surface area contributed by atoms with Crippen LogP contribution in [0.1, 0.15) is 76.0 Å². The number of urea groups is 2. The van der Waals surface area contributed by atoms with Gasteiger partial charge in [-0.25, -0.2) is 14.5 Å². The van der Waals surface area contributed by atoms with Crippen molar-refractivity contribution in [1.82, 2.24) is 15.1 Å². The van der Waals surface area contributed by atoms with Crippen molar-refractivity contribution in [3.05, 3.63) is 83.9 Å². The van der Waals surface area contributed by atoms with Gasteiger partial charge in [-0.3, -0.25) is 14.4 Å². The van der Waals surface area contributed by atoms with Crippen molar-refractivity contribution in [2.24, 2.45) is 11.7 Å². The summed E-state index contributed by atoms with van der Waals surface area (Å²) in [6.45, 7) is 2.72. The second-order valence-electron chi connectivity index (χ2n) is 15.5. The van der Waals surface area contributed by atoms with Gasteiger partial charge in [-0.2, -0.15) is 0 Å². The molecule has 1 spiro atoms. The van der Waals surface area contributed by atoms with Gasteiger partial charge in [-0.05, 0) is 72.7 Å². The molecule has 1 aliphatic heterocycles. The second-order valence-corrected chi connectivity index (χ2v) is 15.5. The van der Waals surface area contributed by atoms with Gasteiger partial charge in [-0.1, -0.05) is 69.5 Å². The lowest BCUT2D eigenvalue weighted by Gasteiger charge is -2.38. The molecular formula is C43H58N6O11. The van der Waals surface area contributed by atoms with Crippen molar-refractivity contribution in [2.75, 3.05) is 44.7 Å². The first kappa shape index (κ1) is 46.9. The zero-order valence-corrected chi connectivity index (χ0v) is 34.6. The van der Waals surface area contributed by atoms with Gasteiger partial charge in [0, 0.05) is 17.9 Å². The van der Waals surface area contributed by atoms with Crippen LogP contribution in [0.2, 0.25) is 0 Å². The van der Waals surface area contributed by atoms with Crippen molar-refractivity contribution in [3.8, 4) is 11.5 Å². The first-order valence-electron chi connectivity index (χ1n) is 19.9. The lowest BCUT2D eigenvalue weighted by Crippen LogP contribution is -2.53. The number of ether oxygens (including phenoxy) is 2. The number of carboxylic acids is 1. The quantitative estimate of drug-likeness (QED) is 0.0891. The van der Waals surface area contributed by atoms with E-state index in [-0.39, 0.29) is 18.9 Å². The number of imide groups is 1. The number of rotatable bonds is 17. The molecule has 3 aromatic rings. The van der Waals surface area contributed by atoms with E-state index in [1.54, 1.807) is 59.5 Å². The van der Waals surface area contributed by atoms with Gasteiger partial charge in [0.15, 0.2) is 11.5 Å². The van der Waals surface area contributed by atoms with Crippen molar-refractivity contribution in [2.45, 2.75) is 88.5 Å². The normalized spacial score (nSPS) is 15.8. The molecule has 3 aromatic carbocycles. The number of carbonyl (C=O) groups excluding carboxylic acids is 4. The molecule has 2 fully saturated rings. The zero-order valence-electron chi connectivity index (χ0n) is 34.6. The minimum Gasteiger partial charge on any atom is -0.493 e. The summed E-state index contributed by atoms with van der Waals surface area (Å²) in [5, 5.41) is 43.2. The van der Waals surface area contributed by atoms with Crippen LogP contribution in [-0.4, -0.2) is 111 Å². The largest absolute Gasteiger partial charge is 0.493 e. The Morgan fingerprint density at radius 3 is 1.93 bits per heavy atom. The molecule has 60 heavy (non-hydrogen) atoms. The van der Waals surface area contributed by atoms with Crippen molar-refractivity contribution in [3.63, 3.8) is 0 Å². The molecule has 9 N–H and O–H groups in total. The van der Waals surface area contributed by atoms with E-state index in [1.165, 1.54) is 14.2 Å². The summed E-state index contributed by atoms with van der Waals surface area (Å²) in [7, 11) is 2.94. The Labute approximate surface area is 349 Å². The van der Waals surface area contributed by atoms with Gasteiger partial charge in [0.25, 0.3) is 5.91 Å². The maximum Gasteiger partial charge on any atom is 0.328 e. The SMILES string of the molecule is COc1ccc([C@H](CC(=O)O)NC(=O)[C@H](CC(C)C)N2C(=O)N(Cc3ccc(NC(=O)Nc4ccccc4)cc3)C3(CCCCC3)C2=O)cc1OC.NC(CO)(CO)CO. The fourth-order valence-electron chi connectivity index (χ4n) is 7.24. The van der Waals surface area contributed by atoms with E-state index in [0.717, 1.165) is 29.7 Å². The number of aliphatic carboxylic acids is 1. The Balaban J connectivity index is 0.000000899. The van der Waals surface area contributed by atoms with Crippen LogP contribution >= 0.6 is 0 Å². The van der Waals surface area contributed by atoms with Crippen LogP contribution in [0.25, 0.3) is 0 Å². The van der Waals surface area contributed by atoms with Gasteiger partial charge < -0.3 is 56.5 Å². The van der Waals surface area contributed by atoms with Crippen LogP contribution in [0.15, 0.2) is 72.8 Å². The summed E-state index contributed by atoms with van der Waals surface area (Å²) in [6.07, 6.45) is 3.12. The minimum absolute atomic E-state index is 0.0779. The molecule has 1 aliphatic carbocycles.